The molecule has 1 fully saturated rings. The predicted molar refractivity (Wildman–Crippen MR) is 223 cm³/mol. The molecule has 2 heterocycles. The van der Waals surface area contributed by atoms with E-state index in [1.54, 1.807) is 31.0 Å². The first-order chi connectivity index (χ1) is 27.2. The minimum atomic E-state index is -4.40. The molecule has 0 spiro atoms. The molecule has 3 aromatic carbocycles. The Labute approximate surface area is 341 Å². The lowest BCUT2D eigenvalue weighted by molar-refractivity contribution is -0.134. The summed E-state index contributed by atoms with van der Waals surface area (Å²) in [5.41, 5.74) is 5.35. The molecule has 0 radical (unpaired) electrons. The third-order valence-electron chi connectivity index (χ3n) is 11.5. The average molecular weight is 819 g/mol. The topological polar surface area (TPSA) is 127 Å². The summed E-state index contributed by atoms with van der Waals surface area (Å²) < 4.78 is 44.7. The van der Waals surface area contributed by atoms with Crippen molar-refractivity contribution in [3.63, 3.8) is 0 Å². The Morgan fingerprint density at radius 2 is 1.67 bits per heavy atom. The number of amides is 3. The van der Waals surface area contributed by atoms with E-state index in [0.29, 0.717) is 32.7 Å². The Morgan fingerprint density at radius 3 is 2.39 bits per heavy atom. The van der Waals surface area contributed by atoms with E-state index in [1.165, 1.54) is 18.2 Å². The van der Waals surface area contributed by atoms with E-state index < -0.39 is 15.9 Å². The van der Waals surface area contributed by atoms with Crippen LogP contribution in [0.15, 0.2) is 53.4 Å². The Hall–Kier alpha value is -4.55. The van der Waals surface area contributed by atoms with Crippen molar-refractivity contribution in [2.45, 2.75) is 116 Å². The molecule has 306 valence electrons. The molecule has 11 nitrogen and oxygen atoms in total. The van der Waals surface area contributed by atoms with Gasteiger partial charge in [-0.25, -0.2) is 13.1 Å². The zero-order chi connectivity index (χ0) is 41.0. The number of aromatic nitrogens is 1. The van der Waals surface area contributed by atoms with E-state index in [9.17, 15) is 22.8 Å². The van der Waals surface area contributed by atoms with Gasteiger partial charge < -0.3 is 23.8 Å². The number of rotatable bonds is 9. The molecule has 1 saturated carbocycles. The van der Waals surface area contributed by atoms with Crippen LogP contribution in [-0.4, -0.2) is 79.4 Å². The molecular weight excluding hydrogens is 764 g/mol. The van der Waals surface area contributed by atoms with Crippen molar-refractivity contribution in [2.24, 2.45) is 0 Å². The quantitative estimate of drug-likeness (QED) is 0.169. The summed E-state index contributed by atoms with van der Waals surface area (Å²) in [5.74, 6) is -0.109. The summed E-state index contributed by atoms with van der Waals surface area (Å²) >= 11 is 6.32. The zero-order valence-corrected chi connectivity index (χ0v) is 35.5. The Morgan fingerprint density at radius 1 is 0.947 bits per heavy atom. The van der Waals surface area contributed by atoms with Crippen LogP contribution in [0.1, 0.15) is 108 Å². The zero-order valence-electron chi connectivity index (χ0n) is 34.0. The van der Waals surface area contributed by atoms with Gasteiger partial charge in [0.05, 0.1) is 23.1 Å². The molecule has 2 atom stereocenters. The highest BCUT2D eigenvalue weighted by Crippen LogP contribution is 2.33. The number of carbonyl (C=O) groups excluding carboxylic acids is 3. The Bertz CT molecular complexity index is 2250. The molecule has 1 aliphatic heterocycles. The third kappa shape index (κ3) is 9.28. The van der Waals surface area contributed by atoms with Crippen LogP contribution in [0.4, 0.5) is 0 Å². The molecule has 13 heteroatoms. The van der Waals surface area contributed by atoms with E-state index in [2.05, 4.69) is 23.1 Å². The summed E-state index contributed by atoms with van der Waals surface area (Å²) in [6.07, 6.45) is 6.91. The molecule has 1 aromatic heterocycles. The molecule has 6 rings (SSSR count). The molecule has 1 aliphatic carbocycles. The molecule has 3 amide bonds. The second-order valence-corrected chi connectivity index (χ2v) is 17.5. The van der Waals surface area contributed by atoms with Crippen LogP contribution in [0.2, 0.25) is 5.02 Å². The van der Waals surface area contributed by atoms with Gasteiger partial charge >= 0.3 is 0 Å². The van der Waals surface area contributed by atoms with Gasteiger partial charge in [0, 0.05) is 60.8 Å². The van der Waals surface area contributed by atoms with Crippen LogP contribution in [0.5, 0.6) is 11.5 Å². The number of nitrogens with one attached hydrogen (secondary N) is 1. The van der Waals surface area contributed by atoms with Gasteiger partial charge in [0.25, 0.3) is 21.8 Å². The highest BCUT2D eigenvalue weighted by atomic mass is 35.5. The van der Waals surface area contributed by atoms with Crippen molar-refractivity contribution in [2.75, 3.05) is 26.7 Å². The maximum Gasteiger partial charge on any atom is 0.265 e. The second-order valence-electron chi connectivity index (χ2n) is 15.5. The monoisotopic (exact) mass is 818 g/mol. The molecule has 0 unspecified atom stereocenters. The predicted octanol–water partition coefficient (Wildman–Crippen LogP) is 8.16. The van der Waals surface area contributed by atoms with Crippen LogP contribution >= 0.6 is 11.6 Å². The number of sulfonamides is 1. The van der Waals surface area contributed by atoms with Gasteiger partial charge in [0.15, 0.2) is 0 Å². The SMILES string of the molecule is CCc1c(C)n(CCCOc2cc(C)c(Cl)c(C)c2)c2ccc(C(=O)NS(=O)(=O)c3ccc4c(c3)C(=O)N(C)CCCCCN(C(C)=O)[C@@H]3CCCC[C@@H]3O4)cc12. The van der Waals surface area contributed by atoms with E-state index >= 15 is 0 Å². The van der Waals surface area contributed by atoms with Crippen molar-refractivity contribution in [3.05, 3.63) is 87.1 Å². The number of halogens is 1. The van der Waals surface area contributed by atoms with Crippen LogP contribution in [0.3, 0.4) is 0 Å². The lowest BCUT2D eigenvalue weighted by Crippen LogP contribution is -2.50. The summed E-state index contributed by atoms with van der Waals surface area (Å²) in [5, 5.41) is 1.63. The fraction of sp³-hybridized carbons (Fsp3) is 0.477. The first kappa shape index (κ1) is 42.1. The number of hydrogen-bond donors (Lipinski definition) is 1. The van der Waals surface area contributed by atoms with Gasteiger partial charge in [0.1, 0.15) is 17.6 Å². The van der Waals surface area contributed by atoms with E-state index in [0.717, 1.165) is 95.4 Å². The lowest BCUT2D eigenvalue weighted by atomic mass is 9.90. The molecule has 57 heavy (non-hydrogen) atoms. The fourth-order valence-electron chi connectivity index (χ4n) is 8.42. The van der Waals surface area contributed by atoms with Gasteiger partial charge in [0.2, 0.25) is 5.91 Å². The van der Waals surface area contributed by atoms with Crippen LogP contribution in [-0.2, 0) is 27.8 Å². The maximum atomic E-state index is 13.9. The minimum Gasteiger partial charge on any atom is -0.494 e. The number of nitrogens with zero attached hydrogens (tertiary/aromatic N) is 3. The summed E-state index contributed by atoms with van der Waals surface area (Å²) in [7, 11) is -2.72. The van der Waals surface area contributed by atoms with Crippen molar-refractivity contribution < 1.29 is 32.3 Å². The molecule has 0 bridgehead atoms. The smallest absolute Gasteiger partial charge is 0.265 e. The maximum absolute atomic E-state index is 13.9. The molecular formula is C44H55ClN4O7S. The number of ether oxygens (including phenoxy) is 2. The van der Waals surface area contributed by atoms with Crippen LogP contribution in [0.25, 0.3) is 10.9 Å². The third-order valence-corrected chi connectivity index (χ3v) is 13.4. The van der Waals surface area contributed by atoms with Crippen molar-refractivity contribution >= 4 is 50.2 Å². The van der Waals surface area contributed by atoms with Crippen molar-refractivity contribution in [3.8, 4) is 11.5 Å². The van der Waals surface area contributed by atoms with Gasteiger partial charge in [-0.3, -0.25) is 14.4 Å². The number of fused-ring (bicyclic) bond motifs is 3. The first-order valence-corrected chi connectivity index (χ1v) is 22.0. The molecule has 1 N–H and O–H groups in total. The molecule has 0 saturated heterocycles. The molecule has 2 aliphatic rings. The fourth-order valence-corrected chi connectivity index (χ4v) is 9.53. The number of hydrogen-bond acceptors (Lipinski definition) is 7. The van der Waals surface area contributed by atoms with Crippen LogP contribution in [0, 0.1) is 20.8 Å². The number of aryl methyl sites for hydroxylation is 4. The summed E-state index contributed by atoms with van der Waals surface area (Å²) in [6.45, 7) is 11.9. The standard InChI is InChI=1S/C44H55ClN4O7S/c1-7-35-30(4)48(22-13-23-55-33-24-28(2)42(45)29(3)25-33)38-18-16-32(26-36(35)38)43(51)46-57(53,54)34-17-19-40-37(27-34)44(52)47(6)20-11-8-12-21-49(31(5)50)39-14-9-10-15-41(39)56-40/h16-19,24-27,39,41H,7-15,20-23H2,1-6H3,(H,46,51)/t39-,41+/m1/s1. The van der Waals surface area contributed by atoms with Crippen molar-refractivity contribution in [1.29, 1.82) is 0 Å². The Balaban J connectivity index is 1.22. The van der Waals surface area contributed by atoms with Gasteiger partial charge in [-0.1, -0.05) is 24.9 Å². The second kappa shape index (κ2) is 17.9. The van der Waals surface area contributed by atoms with E-state index in [1.807, 2.05) is 36.9 Å². The van der Waals surface area contributed by atoms with E-state index in [-0.39, 0.29) is 45.7 Å². The average Bonchev–Trinajstić information content (AvgIpc) is 3.45. The normalized spacial score (nSPS) is 18.1. The molecule has 4 aromatic rings. The summed E-state index contributed by atoms with van der Waals surface area (Å²) in [6, 6.07) is 13.1. The lowest BCUT2D eigenvalue weighted by Gasteiger charge is -2.39. The van der Waals surface area contributed by atoms with Crippen molar-refractivity contribution in [1.82, 2.24) is 19.1 Å². The van der Waals surface area contributed by atoms with Gasteiger partial charge in [-0.2, -0.15) is 0 Å². The van der Waals surface area contributed by atoms with Gasteiger partial charge in [-0.15, -0.1) is 0 Å². The van der Waals surface area contributed by atoms with Gasteiger partial charge in [-0.05, 0) is 137 Å². The highest BCUT2D eigenvalue weighted by molar-refractivity contribution is 7.90. The first-order valence-electron chi connectivity index (χ1n) is 20.1. The number of carbonyl (C=O) groups is 3. The minimum absolute atomic E-state index is 0.00449. The summed E-state index contributed by atoms with van der Waals surface area (Å²) in [4.78, 5) is 43.5. The van der Waals surface area contributed by atoms with Crippen LogP contribution < -0.4 is 14.2 Å². The van der Waals surface area contributed by atoms with E-state index in [4.69, 9.17) is 21.1 Å². The largest absolute Gasteiger partial charge is 0.494 e. The Kier molecular flexibility index (Phi) is 13.2. The highest BCUT2D eigenvalue weighted by Gasteiger charge is 2.35. The number of benzene rings is 3.